The first-order valence-corrected chi connectivity index (χ1v) is 12.3. The van der Waals surface area contributed by atoms with E-state index in [0.29, 0.717) is 21.7 Å². The molecule has 0 aromatic heterocycles. The Balaban J connectivity index is 1.97. The summed E-state index contributed by atoms with van der Waals surface area (Å²) in [6.45, 7) is 1.86. The average molecular weight is 493 g/mol. The number of hydrogen-bond donors (Lipinski definition) is 1. The molecule has 3 aromatic rings. The van der Waals surface area contributed by atoms with E-state index in [0.717, 1.165) is 5.56 Å². The molecule has 0 fully saturated rings. The number of aliphatic carboxylic acids is 1. The number of aryl methyl sites for hydroxylation is 1. The molecule has 0 amide bonds. The van der Waals surface area contributed by atoms with Crippen molar-refractivity contribution >= 4 is 27.6 Å². The highest BCUT2D eigenvalue weighted by atomic mass is 35.5. The van der Waals surface area contributed by atoms with E-state index in [4.69, 9.17) is 16.9 Å². The van der Waals surface area contributed by atoms with E-state index < -0.39 is 28.1 Å². The average Bonchev–Trinajstić information content (AvgIpc) is 2.83. The summed E-state index contributed by atoms with van der Waals surface area (Å²) in [5, 5.41) is 19.5. The lowest BCUT2D eigenvalue weighted by Crippen LogP contribution is -2.42. The van der Waals surface area contributed by atoms with Gasteiger partial charge in [-0.1, -0.05) is 59.6 Å². The largest absolute Gasteiger partial charge is 0.478 e. The zero-order chi connectivity index (χ0) is 24.5. The molecule has 3 aromatic carbocycles. The minimum absolute atomic E-state index is 0.0390. The van der Waals surface area contributed by atoms with Gasteiger partial charge in [-0.2, -0.15) is 9.57 Å². The summed E-state index contributed by atoms with van der Waals surface area (Å²) >= 11 is 6.21. The number of carboxylic acid groups (broad SMARTS) is 1. The number of carboxylic acids is 1. The first-order valence-electron chi connectivity index (χ1n) is 10.5. The van der Waals surface area contributed by atoms with Gasteiger partial charge >= 0.3 is 5.97 Å². The minimum Gasteiger partial charge on any atom is -0.478 e. The molecule has 4 rings (SSSR count). The lowest BCUT2D eigenvalue weighted by Gasteiger charge is -2.40. The van der Waals surface area contributed by atoms with Crippen molar-refractivity contribution in [2.75, 3.05) is 0 Å². The van der Waals surface area contributed by atoms with E-state index in [9.17, 15) is 18.3 Å². The molecular weight excluding hydrogens is 472 g/mol. The fraction of sp³-hybridized carbons (Fsp3) is 0.154. The summed E-state index contributed by atoms with van der Waals surface area (Å²) in [6.07, 6.45) is 1.73. The summed E-state index contributed by atoms with van der Waals surface area (Å²) in [5.41, 5.74) is 2.42. The number of nitrogens with zero attached hydrogens (tertiary/aromatic N) is 2. The molecule has 0 saturated heterocycles. The van der Waals surface area contributed by atoms with E-state index in [1.54, 1.807) is 66.7 Å². The van der Waals surface area contributed by atoms with Crippen molar-refractivity contribution < 1.29 is 18.3 Å². The van der Waals surface area contributed by atoms with Crippen LogP contribution in [0.2, 0.25) is 5.02 Å². The Hall–Kier alpha value is -3.44. The molecule has 8 heteroatoms. The second-order valence-electron chi connectivity index (χ2n) is 8.06. The van der Waals surface area contributed by atoms with Gasteiger partial charge in [0.05, 0.1) is 34.2 Å². The van der Waals surface area contributed by atoms with Crippen molar-refractivity contribution in [3.8, 4) is 6.07 Å². The zero-order valence-electron chi connectivity index (χ0n) is 18.2. The van der Waals surface area contributed by atoms with Crippen molar-refractivity contribution in [3.05, 3.63) is 112 Å². The van der Waals surface area contributed by atoms with Crippen LogP contribution in [0.15, 0.2) is 89.3 Å². The number of benzene rings is 3. The first-order chi connectivity index (χ1) is 16.2. The van der Waals surface area contributed by atoms with Crippen LogP contribution in [-0.4, -0.2) is 23.8 Å². The molecule has 0 radical (unpaired) electrons. The van der Waals surface area contributed by atoms with Crippen molar-refractivity contribution in [1.82, 2.24) is 4.31 Å². The number of sulfonamides is 1. The summed E-state index contributed by atoms with van der Waals surface area (Å²) in [6, 6.07) is 19.9. The van der Waals surface area contributed by atoms with Crippen molar-refractivity contribution in [1.29, 1.82) is 5.26 Å². The monoisotopic (exact) mass is 492 g/mol. The lowest BCUT2D eigenvalue weighted by molar-refractivity contribution is -0.133. The normalized spacial score (nSPS) is 18.7. The highest BCUT2D eigenvalue weighted by molar-refractivity contribution is 7.89. The van der Waals surface area contributed by atoms with Gasteiger partial charge in [0.2, 0.25) is 10.0 Å². The SMILES string of the molecule is Cc1ccc(S(=O)(=O)N2[C@@H](c3cccc(Cl)c3)C(C(=O)O)=CC[C@H]2c2ccc(C#N)cc2)cc1. The molecule has 0 bridgehead atoms. The molecule has 0 spiro atoms. The van der Waals surface area contributed by atoms with Crippen LogP contribution in [0.5, 0.6) is 0 Å². The van der Waals surface area contributed by atoms with Crippen LogP contribution in [0.25, 0.3) is 0 Å². The second kappa shape index (κ2) is 9.43. The Bertz CT molecular complexity index is 1410. The fourth-order valence-corrected chi connectivity index (χ4v) is 6.16. The smallest absolute Gasteiger partial charge is 0.333 e. The predicted molar refractivity (Wildman–Crippen MR) is 129 cm³/mol. The maximum Gasteiger partial charge on any atom is 0.333 e. The molecule has 1 aliphatic heterocycles. The van der Waals surface area contributed by atoms with Gasteiger partial charge in [0.15, 0.2) is 0 Å². The molecular formula is C26H21ClN2O4S. The van der Waals surface area contributed by atoms with Gasteiger partial charge in [0, 0.05) is 5.02 Å². The number of halogens is 1. The third-order valence-corrected chi connectivity index (χ3v) is 7.97. The third-order valence-electron chi connectivity index (χ3n) is 5.85. The molecule has 1 aliphatic rings. The van der Waals surface area contributed by atoms with E-state index in [2.05, 4.69) is 6.07 Å². The summed E-state index contributed by atoms with van der Waals surface area (Å²) in [7, 11) is -4.15. The fourth-order valence-electron chi connectivity index (χ4n) is 4.18. The van der Waals surface area contributed by atoms with Crippen LogP contribution in [0.4, 0.5) is 0 Å². The molecule has 0 aliphatic carbocycles. The van der Waals surface area contributed by atoms with Crippen LogP contribution in [0, 0.1) is 18.3 Å². The molecule has 34 heavy (non-hydrogen) atoms. The molecule has 0 saturated carbocycles. The summed E-state index contributed by atoms with van der Waals surface area (Å²) in [5.74, 6) is -1.20. The van der Waals surface area contributed by atoms with Crippen LogP contribution < -0.4 is 0 Å². The quantitative estimate of drug-likeness (QED) is 0.513. The van der Waals surface area contributed by atoms with Crippen molar-refractivity contribution in [3.63, 3.8) is 0 Å². The summed E-state index contributed by atoms with van der Waals surface area (Å²) < 4.78 is 29.4. The Morgan fingerprint density at radius 2 is 1.74 bits per heavy atom. The Morgan fingerprint density at radius 1 is 1.06 bits per heavy atom. The Labute approximate surface area is 203 Å². The highest BCUT2D eigenvalue weighted by Crippen LogP contribution is 2.46. The molecule has 6 nitrogen and oxygen atoms in total. The zero-order valence-corrected chi connectivity index (χ0v) is 19.8. The van der Waals surface area contributed by atoms with E-state index in [1.165, 1.54) is 16.4 Å². The van der Waals surface area contributed by atoms with Crippen LogP contribution in [0.1, 0.15) is 40.8 Å². The molecule has 172 valence electrons. The van der Waals surface area contributed by atoms with Crippen molar-refractivity contribution in [2.45, 2.75) is 30.3 Å². The van der Waals surface area contributed by atoms with Gasteiger partial charge in [-0.25, -0.2) is 13.2 Å². The predicted octanol–water partition coefficient (Wildman–Crippen LogP) is 5.41. The number of carbonyl (C=O) groups is 1. The standard InChI is InChI=1S/C26H21ClN2O4S/c1-17-5-11-22(12-6-17)34(32,33)29-24(19-9-7-18(16-28)8-10-19)14-13-23(26(30)31)25(29)20-3-2-4-21(27)15-20/h2-13,15,24-25H,14H2,1H3,(H,30,31)/t24-,25-/m0/s1. The van der Waals surface area contributed by atoms with Gasteiger partial charge in [-0.15, -0.1) is 0 Å². The van der Waals surface area contributed by atoms with Crippen molar-refractivity contribution in [2.24, 2.45) is 0 Å². The van der Waals surface area contributed by atoms with Gasteiger partial charge in [0.1, 0.15) is 0 Å². The van der Waals surface area contributed by atoms with Crippen LogP contribution >= 0.6 is 11.6 Å². The minimum atomic E-state index is -4.15. The lowest BCUT2D eigenvalue weighted by atomic mass is 9.89. The van der Waals surface area contributed by atoms with E-state index >= 15 is 0 Å². The maximum absolute atomic E-state index is 14.1. The molecule has 2 atom stereocenters. The van der Waals surface area contributed by atoms with Gasteiger partial charge in [-0.05, 0) is 60.9 Å². The van der Waals surface area contributed by atoms with Gasteiger partial charge in [0.25, 0.3) is 0 Å². The van der Waals surface area contributed by atoms with Crippen LogP contribution in [-0.2, 0) is 14.8 Å². The second-order valence-corrected chi connectivity index (χ2v) is 10.3. The number of hydrogen-bond acceptors (Lipinski definition) is 4. The topological polar surface area (TPSA) is 98.5 Å². The Kier molecular flexibility index (Phi) is 6.58. The van der Waals surface area contributed by atoms with E-state index in [-0.39, 0.29) is 16.9 Å². The maximum atomic E-state index is 14.1. The number of nitriles is 1. The molecule has 1 N–H and O–H groups in total. The highest BCUT2D eigenvalue weighted by Gasteiger charge is 2.44. The number of rotatable bonds is 5. The summed E-state index contributed by atoms with van der Waals surface area (Å²) in [4.78, 5) is 12.3. The first kappa shape index (κ1) is 23.7. The van der Waals surface area contributed by atoms with Crippen LogP contribution in [0.3, 0.4) is 0 Å². The van der Waals surface area contributed by atoms with E-state index in [1.807, 2.05) is 6.92 Å². The van der Waals surface area contributed by atoms with Gasteiger partial charge < -0.3 is 5.11 Å². The van der Waals surface area contributed by atoms with Gasteiger partial charge in [-0.3, -0.25) is 0 Å². The molecule has 0 unspecified atom stereocenters. The Morgan fingerprint density at radius 3 is 2.32 bits per heavy atom. The molecule has 1 heterocycles. The third kappa shape index (κ3) is 4.48.